The minimum Gasteiger partial charge on any atom is -0.348 e. The Balaban J connectivity index is 1.47. The summed E-state index contributed by atoms with van der Waals surface area (Å²) in [5.41, 5.74) is 4.04. The van der Waals surface area contributed by atoms with E-state index < -0.39 is 4.92 Å². The average Bonchev–Trinajstić information content (AvgIpc) is 3.29. The SMILES string of the molecule is O=C(NCc1cccc(-c2nc(-c3ccccc3)cs2)c1)c1cccc([N+](=O)[O-])c1. The quantitative estimate of drug-likeness (QED) is 0.341. The summed E-state index contributed by atoms with van der Waals surface area (Å²) in [6.45, 7) is 0.312. The number of nitrogens with one attached hydrogen (secondary N) is 1. The van der Waals surface area contributed by atoms with E-state index in [1.54, 1.807) is 17.4 Å². The topological polar surface area (TPSA) is 85.1 Å². The first-order valence-corrected chi connectivity index (χ1v) is 10.1. The van der Waals surface area contributed by atoms with Crippen molar-refractivity contribution in [2.45, 2.75) is 6.54 Å². The fourth-order valence-electron chi connectivity index (χ4n) is 3.01. The molecule has 0 unspecified atom stereocenters. The zero-order valence-corrected chi connectivity index (χ0v) is 16.6. The van der Waals surface area contributed by atoms with Gasteiger partial charge in [0.15, 0.2) is 0 Å². The lowest BCUT2D eigenvalue weighted by Crippen LogP contribution is -2.22. The molecule has 0 fully saturated rings. The highest BCUT2D eigenvalue weighted by Gasteiger charge is 2.12. The van der Waals surface area contributed by atoms with Gasteiger partial charge in [0.05, 0.1) is 10.6 Å². The number of nitro benzene ring substituents is 1. The molecule has 0 saturated heterocycles. The number of carbonyl (C=O) groups excluding carboxylic acids is 1. The predicted molar refractivity (Wildman–Crippen MR) is 117 cm³/mol. The van der Waals surface area contributed by atoms with Gasteiger partial charge in [-0.25, -0.2) is 4.98 Å². The van der Waals surface area contributed by atoms with E-state index in [0.29, 0.717) is 6.54 Å². The van der Waals surface area contributed by atoms with E-state index >= 15 is 0 Å². The largest absolute Gasteiger partial charge is 0.348 e. The van der Waals surface area contributed by atoms with E-state index in [2.05, 4.69) is 5.32 Å². The molecule has 1 aromatic heterocycles. The summed E-state index contributed by atoms with van der Waals surface area (Å²) in [4.78, 5) is 27.5. The molecule has 1 heterocycles. The number of rotatable bonds is 6. The highest BCUT2D eigenvalue weighted by atomic mass is 32.1. The second kappa shape index (κ2) is 8.67. The van der Waals surface area contributed by atoms with Crippen LogP contribution in [0.1, 0.15) is 15.9 Å². The van der Waals surface area contributed by atoms with Gasteiger partial charge in [0.2, 0.25) is 0 Å². The summed E-state index contributed by atoms with van der Waals surface area (Å²) >= 11 is 1.57. The number of hydrogen-bond donors (Lipinski definition) is 1. The van der Waals surface area contributed by atoms with Crippen molar-refractivity contribution in [2.24, 2.45) is 0 Å². The predicted octanol–water partition coefficient (Wildman–Crippen LogP) is 5.32. The molecule has 3 aromatic carbocycles. The van der Waals surface area contributed by atoms with E-state index in [1.807, 2.05) is 60.0 Å². The van der Waals surface area contributed by atoms with Crippen molar-refractivity contribution in [3.63, 3.8) is 0 Å². The van der Waals surface area contributed by atoms with Crippen LogP contribution < -0.4 is 5.32 Å². The van der Waals surface area contributed by atoms with Crippen LogP contribution >= 0.6 is 11.3 Å². The number of carbonyl (C=O) groups is 1. The van der Waals surface area contributed by atoms with Crippen LogP contribution in [-0.4, -0.2) is 15.8 Å². The lowest BCUT2D eigenvalue weighted by molar-refractivity contribution is -0.384. The van der Waals surface area contributed by atoms with Crippen molar-refractivity contribution in [3.8, 4) is 21.8 Å². The monoisotopic (exact) mass is 415 g/mol. The first kappa shape index (κ1) is 19.5. The number of hydrogen-bond acceptors (Lipinski definition) is 5. The molecule has 7 heteroatoms. The van der Waals surface area contributed by atoms with Crippen LogP contribution in [-0.2, 0) is 6.54 Å². The van der Waals surface area contributed by atoms with Crippen LogP contribution in [0.2, 0.25) is 0 Å². The minimum atomic E-state index is -0.516. The number of amides is 1. The highest BCUT2D eigenvalue weighted by molar-refractivity contribution is 7.13. The van der Waals surface area contributed by atoms with Crippen molar-refractivity contribution < 1.29 is 9.72 Å². The average molecular weight is 415 g/mol. The van der Waals surface area contributed by atoms with E-state index in [0.717, 1.165) is 27.4 Å². The normalized spacial score (nSPS) is 10.5. The van der Waals surface area contributed by atoms with Gasteiger partial charge in [-0.05, 0) is 17.7 Å². The van der Waals surface area contributed by atoms with Crippen LogP contribution in [0, 0.1) is 10.1 Å². The second-order valence-corrected chi connectivity index (χ2v) is 7.45. The Morgan fingerprint density at radius 3 is 2.53 bits per heavy atom. The van der Waals surface area contributed by atoms with Gasteiger partial charge in [0.1, 0.15) is 5.01 Å². The van der Waals surface area contributed by atoms with Crippen molar-refractivity contribution in [1.29, 1.82) is 0 Å². The van der Waals surface area contributed by atoms with Crippen LogP contribution in [0.4, 0.5) is 5.69 Å². The molecule has 0 radical (unpaired) electrons. The number of nitro groups is 1. The number of aromatic nitrogens is 1. The molecule has 6 nitrogen and oxygen atoms in total. The lowest BCUT2D eigenvalue weighted by Gasteiger charge is -2.07. The smallest absolute Gasteiger partial charge is 0.270 e. The van der Waals surface area contributed by atoms with E-state index in [1.165, 1.54) is 18.2 Å². The maximum Gasteiger partial charge on any atom is 0.270 e. The third-order valence-corrected chi connectivity index (χ3v) is 5.41. The fraction of sp³-hybridized carbons (Fsp3) is 0.0435. The van der Waals surface area contributed by atoms with Crippen molar-refractivity contribution in [3.05, 3.63) is 105 Å². The molecule has 1 amide bonds. The zero-order chi connectivity index (χ0) is 20.9. The van der Waals surface area contributed by atoms with Crippen molar-refractivity contribution in [2.75, 3.05) is 0 Å². The van der Waals surface area contributed by atoms with Gasteiger partial charge in [-0.1, -0.05) is 54.6 Å². The van der Waals surface area contributed by atoms with Crippen LogP contribution in [0.3, 0.4) is 0 Å². The zero-order valence-electron chi connectivity index (χ0n) is 15.8. The van der Waals surface area contributed by atoms with Gasteiger partial charge >= 0.3 is 0 Å². The molecule has 30 heavy (non-hydrogen) atoms. The van der Waals surface area contributed by atoms with E-state index in [-0.39, 0.29) is 17.2 Å². The first-order chi connectivity index (χ1) is 14.6. The molecule has 0 aliphatic carbocycles. The summed E-state index contributed by atoms with van der Waals surface area (Å²) in [6, 6.07) is 23.5. The van der Waals surface area contributed by atoms with E-state index in [4.69, 9.17) is 4.98 Å². The maximum atomic E-state index is 12.4. The Hall–Kier alpha value is -3.84. The molecular weight excluding hydrogens is 398 g/mol. The Kier molecular flexibility index (Phi) is 5.63. The van der Waals surface area contributed by atoms with E-state index in [9.17, 15) is 14.9 Å². The highest BCUT2D eigenvalue weighted by Crippen LogP contribution is 2.29. The molecular formula is C23H17N3O3S. The van der Waals surface area contributed by atoms with Gasteiger partial charge in [-0.3, -0.25) is 14.9 Å². The second-order valence-electron chi connectivity index (χ2n) is 6.59. The van der Waals surface area contributed by atoms with Crippen molar-refractivity contribution >= 4 is 22.9 Å². The first-order valence-electron chi connectivity index (χ1n) is 9.23. The number of thiazole rings is 1. The fourth-order valence-corrected chi connectivity index (χ4v) is 3.83. The number of non-ortho nitro benzene ring substituents is 1. The number of nitrogens with zero attached hydrogens (tertiary/aromatic N) is 2. The van der Waals surface area contributed by atoms with Crippen LogP contribution in [0.15, 0.2) is 84.2 Å². The lowest BCUT2D eigenvalue weighted by atomic mass is 10.1. The molecule has 0 aliphatic rings. The van der Waals surface area contributed by atoms with Crippen LogP contribution in [0.25, 0.3) is 21.8 Å². The Morgan fingerprint density at radius 1 is 0.967 bits per heavy atom. The molecule has 1 N–H and O–H groups in total. The van der Waals surface area contributed by atoms with Gasteiger partial charge in [-0.15, -0.1) is 11.3 Å². The molecule has 4 aromatic rings. The Bertz CT molecular complexity index is 1210. The van der Waals surface area contributed by atoms with Gasteiger partial charge in [-0.2, -0.15) is 0 Å². The maximum absolute atomic E-state index is 12.4. The number of benzene rings is 3. The van der Waals surface area contributed by atoms with Gasteiger partial charge in [0.25, 0.3) is 11.6 Å². The van der Waals surface area contributed by atoms with Gasteiger partial charge < -0.3 is 5.32 Å². The molecule has 0 bridgehead atoms. The molecule has 148 valence electrons. The Labute approximate surface area is 177 Å². The molecule has 0 aliphatic heterocycles. The third-order valence-electron chi connectivity index (χ3n) is 4.52. The standard InChI is InChI=1S/C23H17N3O3S/c27-22(18-9-5-11-20(13-18)26(28)29)24-14-16-6-4-10-19(12-16)23-25-21(15-30-23)17-7-2-1-3-8-17/h1-13,15H,14H2,(H,24,27). The van der Waals surface area contributed by atoms with Crippen molar-refractivity contribution in [1.82, 2.24) is 10.3 Å². The molecule has 0 saturated carbocycles. The summed E-state index contributed by atoms with van der Waals surface area (Å²) in [5.74, 6) is -0.357. The minimum absolute atomic E-state index is 0.109. The van der Waals surface area contributed by atoms with Gasteiger partial charge in [0, 0.05) is 40.7 Å². The third kappa shape index (κ3) is 4.42. The molecule has 4 rings (SSSR count). The Morgan fingerprint density at radius 2 is 1.73 bits per heavy atom. The summed E-state index contributed by atoms with van der Waals surface area (Å²) in [6.07, 6.45) is 0. The summed E-state index contributed by atoms with van der Waals surface area (Å²) in [5, 5.41) is 16.6. The molecule has 0 spiro atoms. The summed E-state index contributed by atoms with van der Waals surface area (Å²) in [7, 11) is 0. The molecule has 0 atom stereocenters. The van der Waals surface area contributed by atoms with Crippen LogP contribution in [0.5, 0.6) is 0 Å². The summed E-state index contributed by atoms with van der Waals surface area (Å²) < 4.78 is 0.